The minimum atomic E-state index is -2.27. The van der Waals surface area contributed by atoms with Crippen LogP contribution < -0.4 is 10.6 Å². The third-order valence-electron chi connectivity index (χ3n) is 3.49. The van der Waals surface area contributed by atoms with Crippen molar-refractivity contribution in [3.63, 3.8) is 0 Å². The Balaban J connectivity index is 0.000000665. The first-order valence-electron chi connectivity index (χ1n) is 8.50. The van der Waals surface area contributed by atoms with Gasteiger partial charge in [-0.1, -0.05) is 6.92 Å². The molecule has 0 bridgehead atoms. The van der Waals surface area contributed by atoms with E-state index in [1.54, 1.807) is 6.92 Å². The molecule has 0 saturated carbocycles. The molecule has 6 N–H and O–H groups in total. The number of nitrogens with one attached hydrogen (secondary N) is 2. The molecule has 0 aliphatic rings. The summed E-state index contributed by atoms with van der Waals surface area (Å²) in [5, 5.41) is 40.2. The van der Waals surface area contributed by atoms with Crippen molar-refractivity contribution in [2.75, 3.05) is 19.0 Å². The topological polar surface area (TPSA) is 182 Å². The van der Waals surface area contributed by atoms with Gasteiger partial charge in [-0.2, -0.15) is 0 Å². The zero-order chi connectivity index (χ0) is 22.7. The molecule has 3 atom stereocenters. The van der Waals surface area contributed by atoms with E-state index in [1.807, 2.05) is 19.2 Å². The Morgan fingerprint density at radius 1 is 1.14 bits per heavy atom. The monoisotopic (exact) mass is 434 g/mol. The minimum absolute atomic E-state index is 0.153. The van der Waals surface area contributed by atoms with Crippen molar-refractivity contribution in [1.29, 1.82) is 0 Å². The molecule has 0 spiro atoms. The Bertz CT molecular complexity index is 702. The van der Waals surface area contributed by atoms with Crippen molar-refractivity contribution in [2.24, 2.45) is 0 Å². The summed E-state index contributed by atoms with van der Waals surface area (Å²) in [5.74, 6) is -4.12. The quantitative estimate of drug-likeness (QED) is 0.290. The van der Waals surface area contributed by atoms with Crippen LogP contribution in [0.1, 0.15) is 35.5 Å². The van der Waals surface area contributed by atoms with Crippen molar-refractivity contribution in [2.45, 2.75) is 45.4 Å². The fourth-order valence-electron chi connectivity index (χ4n) is 1.80. The maximum Gasteiger partial charge on any atom is 0.350 e. The molecule has 1 amide bonds. The number of hydrogen-bond acceptors (Lipinski definition) is 9. The van der Waals surface area contributed by atoms with E-state index in [1.165, 1.54) is 18.4 Å². The number of anilines is 1. The number of aliphatic hydroxyl groups excluding tert-OH is 2. The lowest BCUT2D eigenvalue weighted by atomic mass is 10.2. The molecule has 29 heavy (non-hydrogen) atoms. The Labute approximate surface area is 171 Å². The average molecular weight is 434 g/mol. The van der Waals surface area contributed by atoms with Crippen molar-refractivity contribution in [1.82, 2.24) is 5.32 Å². The van der Waals surface area contributed by atoms with E-state index in [2.05, 4.69) is 10.6 Å². The molecule has 0 fully saturated rings. The van der Waals surface area contributed by atoms with E-state index in [-0.39, 0.29) is 11.9 Å². The van der Waals surface area contributed by atoms with Crippen LogP contribution in [-0.4, -0.2) is 76.1 Å². The molecule has 3 unspecified atom stereocenters. The fourth-order valence-corrected chi connectivity index (χ4v) is 2.72. The maximum atomic E-state index is 12.0. The molecule has 1 aromatic heterocycles. The number of aliphatic carboxylic acids is 2. The zero-order valence-corrected chi connectivity index (χ0v) is 17.3. The molecule has 1 rings (SSSR count). The van der Waals surface area contributed by atoms with E-state index < -0.39 is 30.1 Å². The summed E-state index contributed by atoms with van der Waals surface area (Å²) in [5.41, 5.74) is 1.41. The number of methoxy groups -OCH3 is 1. The van der Waals surface area contributed by atoms with Crippen molar-refractivity contribution >= 4 is 40.8 Å². The predicted octanol–water partition coefficient (Wildman–Crippen LogP) is 0.0471. The number of rotatable bonds is 9. The summed E-state index contributed by atoms with van der Waals surface area (Å²) in [6.07, 6.45) is -3.57. The molecular formula is C17H26N2O9S. The average Bonchev–Trinajstić information content (AvgIpc) is 3.04. The molecule has 12 heteroatoms. The van der Waals surface area contributed by atoms with Crippen LogP contribution in [0.15, 0.2) is 5.38 Å². The van der Waals surface area contributed by atoms with E-state index >= 15 is 0 Å². The van der Waals surface area contributed by atoms with Gasteiger partial charge >= 0.3 is 17.9 Å². The molecule has 1 aromatic rings. The van der Waals surface area contributed by atoms with Gasteiger partial charge in [0, 0.05) is 0 Å². The number of ether oxygens (including phenoxy) is 1. The van der Waals surface area contributed by atoms with Gasteiger partial charge in [0.25, 0.3) is 0 Å². The first-order valence-corrected chi connectivity index (χ1v) is 9.38. The highest BCUT2D eigenvalue weighted by Gasteiger charge is 2.29. The number of aliphatic hydroxyl groups is 2. The molecular weight excluding hydrogens is 408 g/mol. The standard InChI is InChI=1S/C13H20N2O3S.C4H6O6/c1-5-6-14-9(3)12(16)15-10-8(2)7-19-11(10)13(17)18-4;5-1(3(7)8)2(6)4(9)10/h7,9,14H,5-6H2,1-4H3,(H,15,16);1-2,5-6H,(H,7,8)(H,9,10). The SMILES string of the molecule is CCCNC(C)C(=O)Nc1c(C)csc1C(=O)OC.O=C(O)C(O)C(O)C(=O)O. The smallest absolute Gasteiger partial charge is 0.350 e. The molecule has 164 valence electrons. The van der Waals surface area contributed by atoms with Gasteiger partial charge < -0.3 is 35.8 Å². The highest BCUT2D eigenvalue weighted by molar-refractivity contribution is 7.12. The first kappa shape index (κ1) is 26.5. The normalized spacial score (nSPS) is 13.3. The maximum absolute atomic E-state index is 12.0. The van der Waals surface area contributed by atoms with Gasteiger partial charge in [-0.05, 0) is 37.8 Å². The number of aryl methyl sites for hydroxylation is 1. The van der Waals surface area contributed by atoms with E-state index in [0.29, 0.717) is 10.6 Å². The summed E-state index contributed by atoms with van der Waals surface area (Å²) in [4.78, 5) is 43.6. The van der Waals surface area contributed by atoms with Crippen LogP contribution in [0.3, 0.4) is 0 Å². The minimum Gasteiger partial charge on any atom is -0.479 e. The van der Waals surface area contributed by atoms with Crippen LogP contribution in [0.4, 0.5) is 5.69 Å². The summed E-state index contributed by atoms with van der Waals surface area (Å²) < 4.78 is 4.70. The van der Waals surface area contributed by atoms with Crippen LogP contribution in [0.5, 0.6) is 0 Å². The number of carboxylic acids is 2. The second-order valence-corrected chi connectivity index (χ2v) is 6.73. The molecule has 0 aliphatic heterocycles. The van der Waals surface area contributed by atoms with E-state index in [4.69, 9.17) is 25.2 Å². The second-order valence-electron chi connectivity index (χ2n) is 5.85. The number of esters is 1. The van der Waals surface area contributed by atoms with Gasteiger partial charge in [-0.3, -0.25) is 4.79 Å². The van der Waals surface area contributed by atoms with Gasteiger partial charge in [0.05, 0.1) is 18.8 Å². The van der Waals surface area contributed by atoms with Crippen LogP contribution in [-0.2, 0) is 19.1 Å². The predicted molar refractivity (Wildman–Crippen MR) is 104 cm³/mol. The van der Waals surface area contributed by atoms with E-state index in [0.717, 1.165) is 18.5 Å². The molecule has 0 saturated heterocycles. The second kappa shape index (κ2) is 12.8. The first-order chi connectivity index (χ1) is 13.5. The van der Waals surface area contributed by atoms with Gasteiger partial charge in [-0.15, -0.1) is 11.3 Å². The van der Waals surface area contributed by atoms with E-state index in [9.17, 15) is 19.2 Å². The van der Waals surface area contributed by atoms with Crippen molar-refractivity contribution < 1.29 is 44.3 Å². The third kappa shape index (κ3) is 8.56. The Morgan fingerprint density at radius 3 is 2.07 bits per heavy atom. The summed E-state index contributed by atoms with van der Waals surface area (Å²) in [6, 6.07) is -0.301. The third-order valence-corrected chi connectivity index (χ3v) is 4.57. The Kier molecular flexibility index (Phi) is 11.7. The van der Waals surface area contributed by atoms with Crippen LogP contribution in [0, 0.1) is 6.92 Å². The van der Waals surface area contributed by atoms with Crippen molar-refractivity contribution in [3.05, 3.63) is 15.8 Å². The van der Waals surface area contributed by atoms with Gasteiger partial charge in [0.2, 0.25) is 5.91 Å². The van der Waals surface area contributed by atoms with Gasteiger partial charge in [0.1, 0.15) is 4.88 Å². The number of amides is 1. The highest BCUT2D eigenvalue weighted by Crippen LogP contribution is 2.28. The lowest BCUT2D eigenvalue weighted by molar-refractivity contribution is -0.165. The lowest BCUT2D eigenvalue weighted by Crippen LogP contribution is -2.39. The Morgan fingerprint density at radius 2 is 1.66 bits per heavy atom. The highest BCUT2D eigenvalue weighted by atomic mass is 32.1. The van der Waals surface area contributed by atoms with Crippen LogP contribution >= 0.6 is 11.3 Å². The summed E-state index contributed by atoms with van der Waals surface area (Å²) >= 11 is 1.27. The number of carboxylic acid groups (broad SMARTS) is 2. The van der Waals surface area contributed by atoms with Crippen LogP contribution in [0.2, 0.25) is 0 Å². The Hall–Kier alpha value is -2.54. The molecule has 0 radical (unpaired) electrons. The summed E-state index contributed by atoms with van der Waals surface area (Å²) in [7, 11) is 1.33. The molecule has 0 aromatic carbocycles. The van der Waals surface area contributed by atoms with Gasteiger partial charge in [-0.25, -0.2) is 14.4 Å². The molecule has 1 heterocycles. The fraction of sp³-hybridized carbons (Fsp3) is 0.529. The number of carbonyl (C=O) groups excluding carboxylic acids is 2. The molecule has 0 aliphatic carbocycles. The largest absolute Gasteiger partial charge is 0.479 e. The zero-order valence-electron chi connectivity index (χ0n) is 16.5. The number of carbonyl (C=O) groups is 4. The lowest BCUT2D eigenvalue weighted by Gasteiger charge is -2.14. The molecule has 11 nitrogen and oxygen atoms in total. The van der Waals surface area contributed by atoms with Crippen molar-refractivity contribution in [3.8, 4) is 0 Å². The van der Waals surface area contributed by atoms with Gasteiger partial charge in [0.15, 0.2) is 12.2 Å². The van der Waals surface area contributed by atoms with Crippen LogP contribution in [0.25, 0.3) is 0 Å². The number of thiophene rings is 1. The number of hydrogen-bond donors (Lipinski definition) is 6. The summed E-state index contributed by atoms with van der Waals surface area (Å²) in [6.45, 7) is 6.46.